The van der Waals surface area contributed by atoms with Crippen LogP contribution in [0.25, 0.3) is 11.1 Å². The van der Waals surface area contributed by atoms with Crippen LogP contribution in [0.15, 0.2) is 30.3 Å². The number of methoxy groups -OCH3 is 2. The molecule has 2 nitrogen and oxygen atoms in total. The Hall–Kier alpha value is -1.09. The van der Waals surface area contributed by atoms with E-state index >= 15 is 0 Å². The van der Waals surface area contributed by atoms with Crippen molar-refractivity contribution < 1.29 is 9.47 Å². The van der Waals surface area contributed by atoms with E-state index in [-0.39, 0.29) is 0 Å². The maximum atomic E-state index is 6.34. The minimum Gasteiger partial charge on any atom is -0.495 e. The molecule has 0 heterocycles. The first kappa shape index (κ1) is 14.3. The van der Waals surface area contributed by atoms with Gasteiger partial charge >= 0.3 is 0 Å². The first-order valence-electron chi connectivity index (χ1n) is 5.44. The Labute approximate surface area is 126 Å². The van der Waals surface area contributed by atoms with Crippen molar-refractivity contribution in [2.24, 2.45) is 0 Å². The minimum atomic E-state index is 0.439. The molecule has 19 heavy (non-hydrogen) atoms. The van der Waals surface area contributed by atoms with Crippen LogP contribution in [0.1, 0.15) is 0 Å². The van der Waals surface area contributed by atoms with E-state index in [0.717, 1.165) is 5.56 Å². The Bertz CT molecular complexity index is 595. The third-order valence-electron chi connectivity index (χ3n) is 2.69. The Morgan fingerprint density at radius 1 is 0.895 bits per heavy atom. The molecule has 0 spiro atoms. The summed E-state index contributed by atoms with van der Waals surface area (Å²) < 4.78 is 10.5. The number of halogens is 3. The fourth-order valence-electron chi connectivity index (χ4n) is 1.81. The van der Waals surface area contributed by atoms with Gasteiger partial charge in [0.25, 0.3) is 0 Å². The van der Waals surface area contributed by atoms with E-state index in [0.29, 0.717) is 32.1 Å². The Morgan fingerprint density at radius 3 is 2.05 bits per heavy atom. The average molecular weight is 318 g/mol. The molecule has 100 valence electrons. The van der Waals surface area contributed by atoms with E-state index in [1.54, 1.807) is 25.3 Å². The van der Waals surface area contributed by atoms with Gasteiger partial charge in [-0.3, -0.25) is 0 Å². The molecule has 0 amide bonds. The molecule has 0 N–H and O–H groups in total. The summed E-state index contributed by atoms with van der Waals surface area (Å²) in [6, 6.07) is 8.88. The van der Waals surface area contributed by atoms with Crippen molar-refractivity contribution in [1.29, 1.82) is 0 Å². The fraction of sp³-hybridized carbons (Fsp3) is 0.143. The van der Waals surface area contributed by atoms with E-state index in [1.807, 2.05) is 12.1 Å². The van der Waals surface area contributed by atoms with E-state index in [1.165, 1.54) is 7.11 Å². The Morgan fingerprint density at radius 2 is 1.53 bits per heavy atom. The highest BCUT2D eigenvalue weighted by molar-refractivity contribution is 6.38. The van der Waals surface area contributed by atoms with Crippen molar-refractivity contribution >= 4 is 34.8 Å². The summed E-state index contributed by atoms with van der Waals surface area (Å²) >= 11 is 18.4. The molecule has 2 aromatic rings. The molecule has 0 radical (unpaired) electrons. The largest absolute Gasteiger partial charge is 0.495 e. The van der Waals surface area contributed by atoms with E-state index in [2.05, 4.69) is 0 Å². The predicted octanol–water partition coefficient (Wildman–Crippen LogP) is 5.33. The molecule has 0 saturated heterocycles. The van der Waals surface area contributed by atoms with Crippen molar-refractivity contribution in [3.8, 4) is 22.6 Å². The van der Waals surface area contributed by atoms with Crippen LogP contribution in [0.5, 0.6) is 11.5 Å². The molecule has 2 aromatic carbocycles. The minimum absolute atomic E-state index is 0.439. The quantitative estimate of drug-likeness (QED) is 0.761. The molecule has 5 heteroatoms. The SMILES string of the molecule is COc1cc(Cl)c(OC)c(-c2ccc(Cl)cc2)c1Cl. The topological polar surface area (TPSA) is 18.5 Å². The zero-order valence-corrected chi connectivity index (χ0v) is 12.6. The molecule has 0 fully saturated rings. The summed E-state index contributed by atoms with van der Waals surface area (Å²) in [6.07, 6.45) is 0. The first-order chi connectivity index (χ1) is 9.08. The summed E-state index contributed by atoms with van der Waals surface area (Å²) in [5, 5.41) is 1.53. The van der Waals surface area contributed by atoms with Gasteiger partial charge in [-0.05, 0) is 17.7 Å². The highest BCUT2D eigenvalue weighted by atomic mass is 35.5. The van der Waals surface area contributed by atoms with E-state index in [4.69, 9.17) is 44.3 Å². The molecule has 0 bridgehead atoms. The lowest BCUT2D eigenvalue weighted by Gasteiger charge is -2.15. The zero-order valence-electron chi connectivity index (χ0n) is 10.3. The van der Waals surface area contributed by atoms with Gasteiger partial charge in [0.1, 0.15) is 11.5 Å². The molecule has 0 aliphatic rings. The summed E-state index contributed by atoms with van der Waals surface area (Å²) in [7, 11) is 3.08. The van der Waals surface area contributed by atoms with Crippen LogP contribution in [0.4, 0.5) is 0 Å². The van der Waals surface area contributed by atoms with Gasteiger partial charge in [0.15, 0.2) is 0 Å². The normalized spacial score (nSPS) is 10.4. The van der Waals surface area contributed by atoms with Gasteiger partial charge in [0.05, 0.1) is 24.3 Å². The van der Waals surface area contributed by atoms with Crippen molar-refractivity contribution in [3.05, 3.63) is 45.4 Å². The van der Waals surface area contributed by atoms with Crippen LogP contribution in [-0.2, 0) is 0 Å². The molecule has 0 aromatic heterocycles. The maximum absolute atomic E-state index is 6.34. The van der Waals surface area contributed by atoms with Crippen molar-refractivity contribution in [2.75, 3.05) is 14.2 Å². The number of ether oxygens (including phenoxy) is 2. The average Bonchev–Trinajstić information content (AvgIpc) is 2.41. The maximum Gasteiger partial charge on any atom is 0.147 e. The first-order valence-corrected chi connectivity index (χ1v) is 6.57. The highest BCUT2D eigenvalue weighted by Crippen LogP contribution is 2.46. The second kappa shape index (κ2) is 5.91. The molecule has 0 saturated carbocycles. The van der Waals surface area contributed by atoms with E-state index in [9.17, 15) is 0 Å². The smallest absolute Gasteiger partial charge is 0.147 e. The second-order valence-corrected chi connectivity index (χ2v) is 5.01. The zero-order chi connectivity index (χ0) is 14.0. The van der Waals surface area contributed by atoms with Crippen LogP contribution in [0, 0.1) is 0 Å². The molecular weight excluding hydrogens is 307 g/mol. The highest BCUT2D eigenvalue weighted by Gasteiger charge is 2.18. The van der Waals surface area contributed by atoms with Crippen LogP contribution in [0.2, 0.25) is 15.1 Å². The van der Waals surface area contributed by atoms with Gasteiger partial charge < -0.3 is 9.47 Å². The lowest BCUT2D eigenvalue weighted by molar-refractivity contribution is 0.405. The van der Waals surface area contributed by atoms with Gasteiger partial charge in [-0.25, -0.2) is 0 Å². The predicted molar refractivity (Wildman–Crippen MR) is 80.0 cm³/mol. The van der Waals surface area contributed by atoms with E-state index < -0.39 is 0 Å². The van der Waals surface area contributed by atoms with Crippen molar-refractivity contribution in [1.82, 2.24) is 0 Å². The van der Waals surface area contributed by atoms with Crippen LogP contribution in [0.3, 0.4) is 0 Å². The van der Waals surface area contributed by atoms with Crippen LogP contribution in [-0.4, -0.2) is 14.2 Å². The molecular formula is C14H11Cl3O2. The van der Waals surface area contributed by atoms with Crippen molar-refractivity contribution in [3.63, 3.8) is 0 Å². The summed E-state index contributed by atoms with van der Waals surface area (Å²) in [4.78, 5) is 0. The Kier molecular flexibility index (Phi) is 4.46. The van der Waals surface area contributed by atoms with Gasteiger partial charge in [-0.1, -0.05) is 46.9 Å². The molecule has 0 aliphatic heterocycles. The lowest BCUT2D eigenvalue weighted by Crippen LogP contribution is -1.94. The lowest BCUT2D eigenvalue weighted by atomic mass is 10.0. The fourth-order valence-corrected chi connectivity index (χ4v) is 2.53. The second-order valence-electron chi connectivity index (χ2n) is 3.79. The van der Waals surface area contributed by atoms with Crippen molar-refractivity contribution in [2.45, 2.75) is 0 Å². The van der Waals surface area contributed by atoms with Crippen LogP contribution >= 0.6 is 34.8 Å². The van der Waals surface area contributed by atoms with Gasteiger partial charge in [0.2, 0.25) is 0 Å². The molecule has 2 rings (SSSR count). The number of hydrogen-bond acceptors (Lipinski definition) is 2. The monoisotopic (exact) mass is 316 g/mol. The molecule has 0 atom stereocenters. The Balaban J connectivity index is 2.72. The molecule has 0 aliphatic carbocycles. The van der Waals surface area contributed by atoms with Gasteiger partial charge in [-0.15, -0.1) is 0 Å². The number of hydrogen-bond donors (Lipinski definition) is 0. The van der Waals surface area contributed by atoms with Gasteiger partial charge in [-0.2, -0.15) is 0 Å². The summed E-state index contributed by atoms with van der Waals surface area (Å²) in [5.74, 6) is 1.01. The third kappa shape index (κ3) is 2.76. The van der Waals surface area contributed by atoms with Crippen LogP contribution < -0.4 is 9.47 Å². The summed E-state index contributed by atoms with van der Waals surface area (Å²) in [5.41, 5.74) is 1.54. The third-order valence-corrected chi connectivity index (χ3v) is 3.60. The molecule has 0 unspecified atom stereocenters. The summed E-state index contributed by atoms with van der Waals surface area (Å²) in [6.45, 7) is 0. The number of rotatable bonds is 3. The van der Waals surface area contributed by atoms with Gasteiger partial charge in [0, 0.05) is 16.7 Å². The number of benzene rings is 2. The standard InChI is InChI=1S/C14H11Cl3O2/c1-18-11-7-10(16)14(19-2)12(13(11)17)8-3-5-9(15)6-4-8/h3-7H,1-2H3.